The van der Waals surface area contributed by atoms with Gasteiger partial charge in [-0.1, -0.05) is 62.7 Å². The first-order valence-corrected chi connectivity index (χ1v) is 11.3. The van der Waals surface area contributed by atoms with E-state index in [1.54, 1.807) is 17.8 Å². The minimum absolute atomic E-state index is 0.0221. The average Bonchev–Trinajstić information content (AvgIpc) is 2.95. The number of hydrogen-bond donors (Lipinski definition) is 1. The van der Waals surface area contributed by atoms with Crippen LogP contribution < -0.4 is 0 Å². The summed E-state index contributed by atoms with van der Waals surface area (Å²) in [5, 5.41) is 12.6. The number of aliphatic hydroxyl groups excluding tert-OH is 1. The predicted octanol–water partition coefficient (Wildman–Crippen LogP) is 7.13. The minimum Gasteiger partial charge on any atom is -0.392 e. The average molecular weight is 449 g/mol. The summed E-state index contributed by atoms with van der Waals surface area (Å²) in [6, 6.07) is 9.66. The fourth-order valence-corrected chi connectivity index (χ4v) is 5.74. The summed E-state index contributed by atoms with van der Waals surface area (Å²) in [6.07, 6.45) is 3.63. The molecule has 0 fully saturated rings. The largest absolute Gasteiger partial charge is 0.392 e. The van der Waals surface area contributed by atoms with Gasteiger partial charge in [-0.05, 0) is 53.3 Å². The SMILES string of the molecule is CC(C)c1c(CO)c(C(C)C)n(Cc2ccncc2)c1Sc1cc(Cl)cc(Cl)c1. The van der Waals surface area contributed by atoms with Gasteiger partial charge in [-0.2, -0.15) is 0 Å². The second-order valence-corrected chi connectivity index (χ2v) is 9.63. The molecule has 3 nitrogen and oxygen atoms in total. The van der Waals surface area contributed by atoms with Gasteiger partial charge in [-0.25, -0.2) is 0 Å². The van der Waals surface area contributed by atoms with Crippen molar-refractivity contribution in [2.75, 3.05) is 0 Å². The van der Waals surface area contributed by atoms with E-state index in [1.807, 2.05) is 36.7 Å². The first-order valence-electron chi connectivity index (χ1n) is 9.70. The Balaban J connectivity index is 2.22. The molecule has 3 aromatic rings. The highest BCUT2D eigenvalue weighted by Crippen LogP contribution is 2.43. The van der Waals surface area contributed by atoms with E-state index in [1.165, 1.54) is 16.8 Å². The molecule has 0 amide bonds. The lowest BCUT2D eigenvalue weighted by Crippen LogP contribution is -2.08. The Morgan fingerprint density at radius 1 is 1.00 bits per heavy atom. The molecule has 0 atom stereocenters. The van der Waals surface area contributed by atoms with Crippen molar-refractivity contribution in [3.63, 3.8) is 0 Å². The quantitative estimate of drug-likeness (QED) is 0.417. The summed E-state index contributed by atoms with van der Waals surface area (Å²) in [4.78, 5) is 5.12. The molecule has 0 saturated heterocycles. The van der Waals surface area contributed by atoms with Crippen molar-refractivity contribution in [3.8, 4) is 0 Å². The first-order chi connectivity index (χ1) is 13.8. The molecule has 0 unspecified atom stereocenters. The molecule has 1 N–H and O–H groups in total. The van der Waals surface area contributed by atoms with E-state index in [0.29, 0.717) is 16.6 Å². The van der Waals surface area contributed by atoms with E-state index in [9.17, 15) is 5.11 Å². The number of nitrogens with zero attached hydrogens (tertiary/aromatic N) is 2. The number of hydrogen-bond acceptors (Lipinski definition) is 3. The van der Waals surface area contributed by atoms with E-state index >= 15 is 0 Å². The lowest BCUT2D eigenvalue weighted by Gasteiger charge is -2.17. The number of aromatic nitrogens is 2. The van der Waals surface area contributed by atoms with Crippen molar-refractivity contribution < 1.29 is 5.11 Å². The molecule has 154 valence electrons. The third-order valence-electron chi connectivity index (χ3n) is 4.82. The fraction of sp³-hybridized carbons (Fsp3) is 0.348. The summed E-state index contributed by atoms with van der Waals surface area (Å²) in [5.74, 6) is 0.541. The molecule has 0 aliphatic rings. The molecule has 0 aliphatic heterocycles. The monoisotopic (exact) mass is 448 g/mol. The zero-order valence-electron chi connectivity index (χ0n) is 17.1. The van der Waals surface area contributed by atoms with Crippen molar-refractivity contribution in [3.05, 3.63) is 75.2 Å². The summed E-state index contributed by atoms with van der Waals surface area (Å²) < 4.78 is 2.33. The van der Waals surface area contributed by atoms with E-state index in [2.05, 4.69) is 37.2 Å². The Morgan fingerprint density at radius 3 is 2.14 bits per heavy atom. The maximum atomic E-state index is 10.3. The maximum Gasteiger partial charge on any atom is 0.0840 e. The molecule has 3 rings (SSSR count). The second kappa shape index (κ2) is 9.57. The van der Waals surface area contributed by atoms with Crippen molar-refractivity contribution in [2.24, 2.45) is 0 Å². The van der Waals surface area contributed by atoms with Crippen LogP contribution >= 0.6 is 35.0 Å². The summed E-state index contributed by atoms with van der Waals surface area (Å²) >= 11 is 14.2. The van der Waals surface area contributed by atoms with E-state index in [0.717, 1.165) is 15.5 Å². The van der Waals surface area contributed by atoms with Crippen LogP contribution in [0.4, 0.5) is 0 Å². The molecular formula is C23H26Cl2N2OS. The van der Waals surface area contributed by atoms with Crippen LogP contribution in [0.3, 0.4) is 0 Å². The first kappa shape index (κ1) is 22.2. The van der Waals surface area contributed by atoms with Crippen molar-refractivity contribution in [2.45, 2.75) is 62.6 Å². The van der Waals surface area contributed by atoms with Gasteiger partial charge in [0, 0.05) is 45.1 Å². The third-order valence-corrected chi connectivity index (χ3v) is 6.37. The van der Waals surface area contributed by atoms with Gasteiger partial charge in [-0.15, -0.1) is 0 Å². The molecule has 0 spiro atoms. The van der Waals surface area contributed by atoms with Crippen LogP contribution in [-0.4, -0.2) is 14.7 Å². The summed E-state index contributed by atoms with van der Waals surface area (Å²) in [7, 11) is 0. The lowest BCUT2D eigenvalue weighted by molar-refractivity contribution is 0.278. The van der Waals surface area contributed by atoms with Crippen molar-refractivity contribution in [1.29, 1.82) is 0 Å². The highest BCUT2D eigenvalue weighted by atomic mass is 35.5. The van der Waals surface area contributed by atoms with Gasteiger partial charge in [0.25, 0.3) is 0 Å². The van der Waals surface area contributed by atoms with Crippen LogP contribution in [0, 0.1) is 0 Å². The van der Waals surface area contributed by atoms with Gasteiger partial charge < -0.3 is 9.67 Å². The maximum absolute atomic E-state index is 10.3. The molecule has 0 aliphatic carbocycles. The van der Waals surface area contributed by atoms with Gasteiger partial charge in [0.2, 0.25) is 0 Å². The van der Waals surface area contributed by atoms with E-state index < -0.39 is 0 Å². The van der Waals surface area contributed by atoms with Crippen molar-refractivity contribution >= 4 is 35.0 Å². The zero-order valence-corrected chi connectivity index (χ0v) is 19.4. The van der Waals surface area contributed by atoms with Gasteiger partial charge in [0.05, 0.1) is 11.6 Å². The number of pyridine rings is 1. The molecule has 2 aromatic heterocycles. The normalized spacial score (nSPS) is 11.6. The Bertz CT molecular complexity index is 964. The van der Waals surface area contributed by atoms with Crippen LogP contribution in [0.25, 0.3) is 0 Å². The molecule has 1 aromatic carbocycles. The van der Waals surface area contributed by atoms with Crippen LogP contribution in [0.5, 0.6) is 0 Å². The summed E-state index contributed by atoms with van der Waals surface area (Å²) in [6.45, 7) is 9.42. The number of halogens is 2. The fourth-order valence-electron chi connectivity index (χ4n) is 3.74. The molecule has 0 saturated carbocycles. The zero-order chi connectivity index (χ0) is 21.1. The van der Waals surface area contributed by atoms with Crippen LogP contribution in [0.1, 0.15) is 61.9 Å². The highest BCUT2D eigenvalue weighted by Gasteiger charge is 2.26. The number of benzene rings is 1. The van der Waals surface area contributed by atoms with Gasteiger partial charge >= 0.3 is 0 Å². The number of aliphatic hydroxyl groups is 1. The molecule has 0 radical (unpaired) electrons. The van der Waals surface area contributed by atoms with Crippen LogP contribution in [0.15, 0.2) is 52.6 Å². The van der Waals surface area contributed by atoms with Crippen molar-refractivity contribution in [1.82, 2.24) is 9.55 Å². The molecule has 2 heterocycles. The van der Waals surface area contributed by atoms with Crippen LogP contribution in [0.2, 0.25) is 10.0 Å². The Hall–Kier alpha value is -1.46. The third kappa shape index (κ3) is 5.00. The Kier molecular flexibility index (Phi) is 7.33. The molecule has 0 bridgehead atoms. The Labute approximate surface area is 187 Å². The lowest BCUT2D eigenvalue weighted by atomic mass is 9.97. The van der Waals surface area contributed by atoms with Crippen LogP contribution in [-0.2, 0) is 13.2 Å². The van der Waals surface area contributed by atoms with Gasteiger partial charge in [0.1, 0.15) is 0 Å². The minimum atomic E-state index is 0.0221. The van der Waals surface area contributed by atoms with Gasteiger partial charge in [0.15, 0.2) is 0 Å². The Morgan fingerprint density at radius 2 is 1.62 bits per heavy atom. The standard InChI is InChI=1S/C23H26Cl2N2OS/c1-14(2)21-20(13-28)22(15(3)4)27(12-16-5-7-26-8-6-16)23(21)29-19-10-17(24)9-18(25)11-19/h5-11,14-15,28H,12-13H2,1-4H3. The summed E-state index contributed by atoms with van der Waals surface area (Å²) in [5.41, 5.74) is 4.55. The highest BCUT2D eigenvalue weighted by molar-refractivity contribution is 7.99. The van der Waals surface area contributed by atoms with E-state index in [-0.39, 0.29) is 18.4 Å². The molecule has 29 heavy (non-hydrogen) atoms. The predicted molar refractivity (Wildman–Crippen MR) is 122 cm³/mol. The van der Waals surface area contributed by atoms with Gasteiger partial charge in [-0.3, -0.25) is 4.98 Å². The number of rotatable bonds is 7. The van der Waals surface area contributed by atoms with E-state index in [4.69, 9.17) is 23.2 Å². The molecular weight excluding hydrogens is 423 g/mol. The molecule has 6 heteroatoms. The smallest absolute Gasteiger partial charge is 0.0840 e. The topological polar surface area (TPSA) is 38.0 Å². The second-order valence-electron chi connectivity index (χ2n) is 7.70.